The van der Waals surface area contributed by atoms with E-state index in [0.717, 1.165) is 30.4 Å². The van der Waals surface area contributed by atoms with E-state index < -0.39 is 5.60 Å². The molecule has 2 rings (SSSR count). The van der Waals surface area contributed by atoms with Crippen LogP contribution in [0.15, 0.2) is 12.1 Å². The maximum atomic E-state index is 10.2. The Hall–Kier alpha value is -0.730. The fourth-order valence-electron chi connectivity index (χ4n) is 2.06. The number of aryl methyl sites for hydroxylation is 1. The van der Waals surface area contributed by atoms with Crippen molar-refractivity contribution in [2.75, 3.05) is 7.11 Å². The maximum Gasteiger partial charge on any atom is 0.140 e. The number of ether oxygens (including phenoxy) is 1. The van der Waals surface area contributed by atoms with E-state index in [0.29, 0.717) is 10.8 Å². The van der Waals surface area contributed by atoms with Crippen LogP contribution in [0.5, 0.6) is 5.75 Å². The zero-order valence-electron chi connectivity index (χ0n) is 9.01. The Kier molecular flexibility index (Phi) is 2.65. The lowest BCUT2D eigenvalue weighted by molar-refractivity contribution is -0.0388. The first kappa shape index (κ1) is 10.8. The molecule has 0 saturated heterocycles. The number of hydrogen-bond acceptors (Lipinski definition) is 2. The fraction of sp³-hybridized carbons (Fsp3) is 0.500. The van der Waals surface area contributed by atoms with E-state index in [-0.39, 0.29) is 0 Å². The molecule has 0 amide bonds. The summed E-state index contributed by atoms with van der Waals surface area (Å²) in [4.78, 5) is 0. The molecule has 0 spiro atoms. The average molecular weight is 227 g/mol. The van der Waals surface area contributed by atoms with Crippen LogP contribution >= 0.6 is 11.6 Å². The highest BCUT2D eigenvalue weighted by molar-refractivity contribution is 6.32. The lowest BCUT2D eigenvalue weighted by Gasteiger charge is -2.37. The Labute approximate surface area is 94.8 Å². The standard InChI is InChI=1S/C12H15ClO2/c1-8-6-9(12(14)4-3-5-12)7-10(13)11(8)15-2/h6-7,14H,3-5H2,1-2H3. The van der Waals surface area contributed by atoms with Crippen LogP contribution in [0.1, 0.15) is 30.4 Å². The highest BCUT2D eigenvalue weighted by atomic mass is 35.5. The minimum absolute atomic E-state index is 0.577. The van der Waals surface area contributed by atoms with Crippen molar-refractivity contribution in [1.82, 2.24) is 0 Å². The summed E-state index contributed by atoms with van der Waals surface area (Å²) in [7, 11) is 1.60. The van der Waals surface area contributed by atoms with Crippen LogP contribution in [0.4, 0.5) is 0 Å². The number of halogens is 1. The van der Waals surface area contributed by atoms with Gasteiger partial charge in [0.15, 0.2) is 0 Å². The number of benzene rings is 1. The largest absolute Gasteiger partial charge is 0.495 e. The fourth-order valence-corrected chi connectivity index (χ4v) is 2.40. The molecule has 0 heterocycles. The summed E-state index contributed by atoms with van der Waals surface area (Å²) < 4.78 is 5.18. The van der Waals surface area contributed by atoms with Gasteiger partial charge in [-0.25, -0.2) is 0 Å². The van der Waals surface area contributed by atoms with Crippen molar-refractivity contribution in [1.29, 1.82) is 0 Å². The SMILES string of the molecule is COc1c(C)cc(C2(O)CCC2)cc1Cl. The molecule has 82 valence electrons. The topological polar surface area (TPSA) is 29.5 Å². The zero-order chi connectivity index (χ0) is 11.1. The maximum absolute atomic E-state index is 10.2. The molecule has 1 aromatic rings. The minimum Gasteiger partial charge on any atom is -0.495 e. The second-order valence-electron chi connectivity index (χ2n) is 4.19. The monoisotopic (exact) mass is 226 g/mol. The third kappa shape index (κ3) is 1.72. The highest BCUT2D eigenvalue weighted by Crippen LogP contribution is 2.43. The molecule has 0 unspecified atom stereocenters. The van der Waals surface area contributed by atoms with Crippen LogP contribution in [-0.4, -0.2) is 12.2 Å². The van der Waals surface area contributed by atoms with E-state index in [4.69, 9.17) is 16.3 Å². The van der Waals surface area contributed by atoms with Crippen molar-refractivity contribution >= 4 is 11.6 Å². The predicted molar refractivity (Wildman–Crippen MR) is 60.5 cm³/mol. The Bertz CT molecular complexity index is 360. The van der Waals surface area contributed by atoms with Gasteiger partial charge in [0, 0.05) is 0 Å². The van der Waals surface area contributed by atoms with E-state index in [9.17, 15) is 5.11 Å². The van der Waals surface area contributed by atoms with Gasteiger partial charge in [-0.15, -0.1) is 0 Å². The number of hydrogen-bond donors (Lipinski definition) is 1. The molecule has 2 nitrogen and oxygen atoms in total. The van der Waals surface area contributed by atoms with Crippen molar-refractivity contribution in [3.05, 3.63) is 28.3 Å². The van der Waals surface area contributed by atoms with E-state index in [1.807, 2.05) is 19.1 Å². The molecule has 0 aliphatic heterocycles. The van der Waals surface area contributed by atoms with Crippen LogP contribution in [0, 0.1) is 6.92 Å². The molecule has 3 heteroatoms. The van der Waals surface area contributed by atoms with Gasteiger partial charge in [0.05, 0.1) is 17.7 Å². The summed E-state index contributed by atoms with van der Waals surface area (Å²) in [5, 5.41) is 10.8. The molecule has 0 radical (unpaired) electrons. The molecule has 1 aromatic carbocycles. The van der Waals surface area contributed by atoms with Gasteiger partial charge in [-0.05, 0) is 49.4 Å². The molecule has 0 aromatic heterocycles. The van der Waals surface area contributed by atoms with E-state index >= 15 is 0 Å². The van der Waals surface area contributed by atoms with Gasteiger partial charge in [0.2, 0.25) is 0 Å². The Morgan fingerprint density at radius 1 is 1.40 bits per heavy atom. The Balaban J connectivity index is 2.43. The summed E-state index contributed by atoms with van der Waals surface area (Å²) in [6.07, 6.45) is 2.74. The molecule has 1 fully saturated rings. The van der Waals surface area contributed by atoms with Crippen molar-refractivity contribution in [3.63, 3.8) is 0 Å². The third-order valence-corrected chi connectivity index (χ3v) is 3.43. The van der Waals surface area contributed by atoms with E-state index in [2.05, 4.69) is 0 Å². The molecule has 1 saturated carbocycles. The van der Waals surface area contributed by atoms with Crippen LogP contribution in [-0.2, 0) is 5.60 Å². The van der Waals surface area contributed by atoms with Gasteiger partial charge in [-0.3, -0.25) is 0 Å². The number of rotatable bonds is 2. The third-order valence-electron chi connectivity index (χ3n) is 3.15. The van der Waals surface area contributed by atoms with Crippen molar-refractivity contribution in [2.24, 2.45) is 0 Å². The summed E-state index contributed by atoms with van der Waals surface area (Å²) in [6, 6.07) is 3.77. The average Bonchev–Trinajstić information content (AvgIpc) is 2.13. The predicted octanol–water partition coefficient (Wildman–Crippen LogP) is 3.03. The van der Waals surface area contributed by atoms with Crippen molar-refractivity contribution in [2.45, 2.75) is 31.8 Å². The Morgan fingerprint density at radius 2 is 2.07 bits per heavy atom. The molecule has 1 N–H and O–H groups in total. The molecule has 15 heavy (non-hydrogen) atoms. The first-order chi connectivity index (χ1) is 7.07. The van der Waals surface area contributed by atoms with Crippen molar-refractivity contribution in [3.8, 4) is 5.75 Å². The molecule has 0 bridgehead atoms. The number of methoxy groups -OCH3 is 1. The van der Waals surface area contributed by atoms with E-state index in [1.165, 1.54) is 0 Å². The summed E-state index contributed by atoms with van der Waals surface area (Å²) in [5.41, 5.74) is 1.23. The minimum atomic E-state index is -0.652. The van der Waals surface area contributed by atoms with Crippen LogP contribution < -0.4 is 4.74 Å². The highest BCUT2D eigenvalue weighted by Gasteiger charge is 2.36. The normalized spacial score (nSPS) is 18.4. The summed E-state index contributed by atoms with van der Waals surface area (Å²) >= 11 is 6.09. The quantitative estimate of drug-likeness (QED) is 0.840. The summed E-state index contributed by atoms with van der Waals surface area (Å²) in [6.45, 7) is 1.94. The van der Waals surface area contributed by atoms with Crippen LogP contribution in [0.25, 0.3) is 0 Å². The van der Waals surface area contributed by atoms with E-state index in [1.54, 1.807) is 7.11 Å². The van der Waals surface area contributed by atoms with Gasteiger partial charge >= 0.3 is 0 Å². The number of aliphatic hydroxyl groups is 1. The molecule has 1 aliphatic carbocycles. The molecule has 0 atom stereocenters. The molecular formula is C12H15ClO2. The van der Waals surface area contributed by atoms with Crippen LogP contribution in [0.3, 0.4) is 0 Å². The van der Waals surface area contributed by atoms with Gasteiger partial charge in [-0.2, -0.15) is 0 Å². The zero-order valence-corrected chi connectivity index (χ0v) is 9.77. The smallest absolute Gasteiger partial charge is 0.140 e. The lowest BCUT2D eigenvalue weighted by atomic mass is 9.75. The van der Waals surface area contributed by atoms with Crippen molar-refractivity contribution < 1.29 is 9.84 Å². The summed E-state index contributed by atoms with van der Waals surface area (Å²) in [5.74, 6) is 0.698. The Morgan fingerprint density at radius 3 is 2.47 bits per heavy atom. The first-order valence-electron chi connectivity index (χ1n) is 5.14. The van der Waals surface area contributed by atoms with Gasteiger partial charge < -0.3 is 9.84 Å². The molecule has 1 aliphatic rings. The van der Waals surface area contributed by atoms with Gasteiger partial charge in [-0.1, -0.05) is 11.6 Å². The first-order valence-corrected chi connectivity index (χ1v) is 5.51. The lowest BCUT2D eigenvalue weighted by Crippen LogP contribution is -2.33. The van der Waals surface area contributed by atoms with Gasteiger partial charge in [0.1, 0.15) is 5.75 Å². The van der Waals surface area contributed by atoms with Gasteiger partial charge in [0.25, 0.3) is 0 Å². The second-order valence-corrected chi connectivity index (χ2v) is 4.60. The van der Waals surface area contributed by atoms with Crippen LogP contribution in [0.2, 0.25) is 5.02 Å². The molecular weight excluding hydrogens is 212 g/mol. The second kappa shape index (κ2) is 3.69.